The second kappa shape index (κ2) is 5.49. The molecule has 3 N–H and O–H groups in total. The number of aromatic nitrogens is 3. The molecule has 86 valence electrons. The monoisotopic (exact) mass is 265 g/mol. The molecule has 17 heavy (non-hydrogen) atoms. The second-order valence-electron chi connectivity index (χ2n) is 2.79. The van der Waals surface area contributed by atoms with E-state index in [2.05, 4.69) is 32.0 Å². The minimum absolute atomic E-state index is 0.241. The third-order valence-electron chi connectivity index (χ3n) is 1.66. The van der Waals surface area contributed by atoms with Crippen LogP contribution in [0.25, 0.3) is 0 Å². The van der Waals surface area contributed by atoms with Crippen molar-refractivity contribution < 1.29 is 4.79 Å². The van der Waals surface area contributed by atoms with E-state index < -0.39 is 0 Å². The second-order valence-corrected chi connectivity index (χ2v) is 4.61. The fourth-order valence-electron chi connectivity index (χ4n) is 1.01. The van der Waals surface area contributed by atoms with E-state index in [1.54, 1.807) is 12.1 Å². The van der Waals surface area contributed by atoms with Gasteiger partial charge in [-0.15, -0.1) is 11.3 Å². The van der Waals surface area contributed by atoms with Gasteiger partial charge in [-0.1, -0.05) is 21.4 Å². The summed E-state index contributed by atoms with van der Waals surface area (Å²) >= 11 is 2.32. The van der Waals surface area contributed by atoms with Crippen molar-refractivity contribution in [2.24, 2.45) is 5.73 Å². The molecule has 2 aromatic heterocycles. The Kier molecular flexibility index (Phi) is 3.77. The van der Waals surface area contributed by atoms with Crippen LogP contribution in [0.1, 0.15) is 14.5 Å². The number of thiophene rings is 1. The van der Waals surface area contributed by atoms with Crippen LogP contribution in [-0.4, -0.2) is 27.3 Å². The maximum Gasteiger partial charge on any atom is 0.267 e. The summed E-state index contributed by atoms with van der Waals surface area (Å²) in [7, 11) is 0. The lowest BCUT2D eigenvalue weighted by molar-refractivity contribution is 0.103. The predicted molar refractivity (Wildman–Crippen MR) is 65.9 cm³/mol. The topological polar surface area (TPSA) is 93.8 Å². The molecule has 0 saturated carbocycles. The van der Waals surface area contributed by atoms with Gasteiger partial charge < -0.3 is 5.73 Å². The van der Waals surface area contributed by atoms with Crippen molar-refractivity contribution >= 4 is 33.9 Å². The molecule has 0 fully saturated rings. The standard InChI is InChI=1S/C9H7N5OS2/c10-5-1-2-6-3-4-7(16-6)8(15)11-9-12-13-14-17-9/h3-4H,5,10H2,(H,11,12,14,15). The van der Waals surface area contributed by atoms with E-state index in [0.717, 1.165) is 16.4 Å². The molecule has 2 aromatic rings. The molecule has 1 amide bonds. The zero-order valence-electron chi connectivity index (χ0n) is 8.51. The van der Waals surface area contributed by atoms with E-state index in [1.165, 1.54) is 11.3 Å². The number of nitrogens with zero attached hydrogens (tertiary/aromatic N) is 3. The highest BCUT2D eigenvalue weighted by molar-refractivity contribution is 7.15. The van der Waals surface area contributed by atoms with Gasteiger partial charge in [0.25, 0.3) is 5.91 Å². The fourth-order valence-corrected chi connectivity index (χ4v) is 2.14. The third-order valence-corrected chi connectivity index (χ3v) is 3.17. The first-order valence-electron chi connectivity index (χ1n) is 4.55. The van der Waals surface area contributed by atoms with E-state index in [4.69, 9.17) is 5.73 Å². The molecule has 2 rings (SSSR count). The van der Waals surface area contributed by atoms with Crippen molar-refractivity contribution in [3.05, 3.63) is 21.9 Å². The zero-order chi connectivity index (χ0) is 12.1. The lowest BCUT2D eigenvalue weighted by Crippen LogP contribution is -2.09. The van der Waals surface area contributed by atoms with E-state index >= 15 is 0 Å². The van der Waals surface area contributed by atoms with E-state index in [0.29, 0.717) is 16.6 Å². The number of nitrogens with one attached hydrogen (secondary N) is 1. The summed E-state index contributed by atoms with van der Waals surface area (Å²) in [5, 5.41) is 9.97. The minimum Gasteiger partial charge on any atom is -0.320 e. The van der Waals surface area contributed by atoms with Crippen LogP contribution in [0, 0.1) is 11.8 Å². The van der Waals surface area contributed by atoms with Crippen LogP contribution in [0.15, 0.2) is 12.1 Å². The van der Waals surface area contributed by atoms with Gasteiger partial charge in [-0.05, 0) is 17.3 Å². The quantitative estimate of drug-likeness (QED) is 0.774. The normalized spacial score (nSPS) is 9.47. The van der Waals surface area contributed by atoms with E-state index in [9.17, 15) is 4.79 Å². The summed E-state index contributed by atoms with van der Waals surface area (Å²) in [6.07, 6.45) is 0. The Labute approximate surface area is 105 Å². The summed E-state index contributed by atoms with van der Waals surface area (Å²) in [4.78, 5) is 13.1. The van der Waals surface area contributed by atoms with Crippen molar-refractivity contribution in [1.29, 1.82) is 0 Å². The Morgan fingerprint density at radius 1 is 1.53 bits per heavy atom. The molecule has 0 atom stereocenters. The highest BCUT2D eigenvalue weighted by Gasteiger charge is 2.10. The van der Waals surface area contributed by atoms with Gasteiger partial charge in [0.2, 0.25) is 5.13 Å². The molecule has 8 heteroatoms. The largest absolute Gasteiger partial charge is 0.320 e. The molecule has 0 radical (unpaired) electrons. The lowest BCUT2D eigenvalue weighted by Gasteiger charge is -1.95. The van der Waals surface area contributed by atoms with Crippen LogP contribution >= 0.6 is 22.9 Å². The zero-order valence-corrected chi connectivity index (χ0v) is 10.1. The van der Waals surface area contributed by atoms with Crippen LogP contribution in [-0.2, 0) is 0 Å². The summed E-state index contributed by atoms with van der Waals surface area (Å²) in [5.74, 6) is 5.35. The molecule has 0 aliphatic heterocycles. The van der Waals surface area contributed by atoms with Crippen LogP contribution in [0.4, 0.5) is 5.13 Å². The van der Waals surface area contributed by atoms with Crippen LogP contribution in [0.3, 0.4) is 0 Å². The van der Waals surface area contributed by atoms with Crippen molar-refractivity contribution in [3.63, 3.8) is 0 Å². The molecule has 0 bridgehead atoms. The molecule has 0 unspecified atom stereocenters. The van der Waals surface area contributed by atoms with Crippen LogP contribution in [0.2, 0.25) is 0 Å². The summed E-state index contributed by atoms with van der Waals surface area (Å²) in [6.45, 7) is 0.301. The molecule has 0 saturated heterocycles. The maximum atomic E-state index is 11.7. The number of carbonyl (C=O) groups excluding carboxylic acids is 1. The molecule has 2 heterocycles. The Balaban J connectivity index is 2.07. The minimum atomic E-state index is -0.241. The van der Waals surface area contributed by atoms with E-state index in [1.807, 2.05) is 0 Å². The molecular formula is C9H7N5OS2. The van der Waals surface area contributed by atoms with Crippen molar-refractivity contribution in [2.45, 2.75) is 0 Å². The number of amides is 1. The van der Waals surface area contributed by atoms with Crippen molar-refractivity contribution in [3.8, 4) is 11.8 Å². The first-order chi connectivity index (χ1) is 8.29. The average molecular weight is 265 g/mol. The first-order valence-corrected chi connectivity index (χ1v) is 6.14. The smallest absolute Gasteiger partial charge is 0.267 e. The van der Waals surface area contributed by atoms with Crippen LogP contribution in [0.5, 0.6) is 0 Å². The number of hydrogen-bond acceptors (Lipinski definition) is 7. The van der Waals surface area contributed by atoms with Gasteiger partial charge in [0, 0.05) is 11.5 Å². The van der Waals surface area contributed by atoms with Gasteiger partial charge in [-0.2, -0.15) is 0 Å². The summed E-state index contributed by atoms with van der Waals surface area (Å²) in [6, 6.07) is 3.48. The summed E-state index contributed by atoms with van der Waals surface area (Å²) < 4.78 is 3.55. The SMILES string of the molecule is NCC#Cc1ccc(C(=O)Nc2nnns2)s1. The molecule has 6 nitrogen and oxygen atoms in total. The number of hydrogen-bond donors (Lipinski definition) is 2. The van der Waals surface area contributed by atoms with Gasteiger partial charge in [0.15, 0.2) is 0 Å². The molecular weight excluding hydrogens is 258 g/mol. The van der Waals surface area contributed by atoms with Crippen molar-refractivity contribution in [1.82, 2.24) is 14.8 Å². The average Bonchev–Trinajstić information content (AvgIpc) is 2.96. The van der Waals surface area contributed by atoms with Gasteiger partial charge >= 0.3 is 0 Å². The number of rotatable bonds is 2. The third kappa shape index (κ3) is 3.07. The fraction of sp³-hybridized carbons (Fsp3) is 0.111. The Morgan fingerprint density at radius 3 is 3.12 bits per heavy atom. The molecule has 0 spiro atoms. The lowest BCUT2D eigenvalue weighted by atomic mass is 10.4. The number of anilines is 1. The van der Waals surface area contributed by atoms with Gasteiger partial charge in [-0.25, -0.2) is 0 Å². The molecule has 0 aliphatic carbocycles. The van der Waals surface area contributed by atoms with Crippen molar-refractivity contribution in [2.75, 3.05) is 11.9 Å². The van der Waals surface area contributed by atoms with Gasteiger partial charge in [0.1, 0.15) is 0 Å². The highest BCUT2D eigenvalue weighted by Crippen LogP contribution is 2.17. The molecule has 0 aliphatic rings. The summed E-state index contributed by atoms with van der Waals surface area (Å²) in [5.41, 5.74) is 5.26. The Hall–Kier alpha value is -1.82. The number of nitrogens with two attached hydrogens (primary N) is 1. The Bertz CT molecular complexity index is 566. The molecule has 0 aromatic carbocycles. The van der Waals surface area contributed by atoms with E-state index in [-0.39, 0.29) is 5.91 Å². The van der Waals surface area contributed by atoms with Crippen LogP contribution < -0.4 is 11.1 Å². The van der Waals surface area contributed by atoms with Gasteiger partial charge in [0.05, 0.1) is 16.3 Å². The Morgan fingerprint density at radius 2 is 2.41 bits per heavy atom. The maximum absolute atomic E-state index is 11.7. The predicted octanol–water partition coefficient (Wildman–Crippen LogP) is 0.557. The number of carbonyl (C=O) groups is 1. The highest BCUT2D eigenvalue weighted by atomic mass is 32.1. The van der Waals surface area contributed by atoms with Gasteiger partial charge in [-0.3, -0.25) is 10.1 Å². The first kappa shape index (κ1) is 11.7.